The third-order valence-corrected chi connectivity index (χ3v) is 5.23. The summed E-state index contributed by atoms with van der Waals surface area (Å²) in [5.41, 5.74) is 0.154. The van der Waals surface area contributed by atoms with Crippen molar-refractivity contribution in [2.75, 3.05) is 19.8 Å². The van der Waals surface area contributed by atoms with Crippen molar-refractivity contribution < 1.29 is 27.4 Å². The SMILES string of the molecule is CCNS(=O)(=O)c1cccc(C(=O)OCC2COc3ccccc3O2)c1. The van der Waals surface area contributed by atoms with Crippen LogP contribution in [0.4, 0.5) is 0 Å². The van der Waals surface area contributed by atoms with Crippen LogP contribution in [0.3, 0.4) is 0 Å². The molecule has 26 heavy (non-hydrogen) atoms. The number of hydrogen-bond donors (Lipinski definition) is 1. The van der Waals surface area contributed by atoms with E-state index in [0.717, 1.165) is 0 Å². The first kappa shape index (κ1) is 18.2. The lowest BCUT2D eigenvalue weighted by molar-refractivity contribution is 0.0109. The Hall–Kier alpha value is -2.58. The molecule has 8 heteroatoms. The molecule has 1 aliphatic heterocycles. The summed E-state index contributed by atoms with van der Waals surface area (Å²) in [5, 5.41) is 0. The number of carbonyl (C=O) groups excluding carboxylic acids is 1. The van der Waals surface area contributed by atoms with Gasteiger partial charge in [0.05, 0.1) is 10.5 Å². The van der Waals surface area contributed by atoms with Gasteiger partial charge in [0.1, 0.15) is 13.2 Å². The zero-order valence-corrected chi connectivity index (χ0v) is 15.0. The minimum atomic E-state index is -3.64. The molecule has 1 unspecified atom stereocenters. The van der Waals surface area contributed by atoms with Crippen LogP contribution in [0.5, 0.6) is 11.5 Å². The second kappa shape index (κ2) is 7.76. The number of esters is 1. The van der Waals surface area contributed by atoms with Crippen molar-refractivity contribution >= 4 is 16.0 Å². The molecule has 0 amide bonds. The van der Waals surface area contributed by atoms with Crippen molar-refractivity contribution in [2.45, 2.75) is 17.9 Å². The molecule has 0 fully saturated rings. The van der Waals surface area contributed by atoms with Gasteiger partial charge in [-0.1, -0.05) is 25.1 Å². The number of hydrogen-bond acceptors (Lipinski definition) is 6. The van der Waals surface area contributed by atoms with E-state index in [0.29, 0.717) is 11.5 Å². The lowest BCUT2D eigenvalue weighted by atomic mass is 10.2. The second-order valence-corrected chi connectivity index (χ2v) is 7.39. The molecule has 0 bridgehead atoms. The standard InChI is InChI=1S/C18H19NO6S/c1-2-19-26(21,22)15-7-5-6-13(10-15)18(20)24-12-14-11-23-16-8-3-4-9-17(16)25-14/h3-10,14,19H,2,11-12H2,1H3. The van der Waals surface area contributed by atoms with Crippen molar-refractivity contribution in [3.63, 3.8) is 0 Å². The first-order valence-electron chi connectivity index (χ1n) is 8.15. The third-order valence-electron chi connectivity index (χ3n) is 3.68. The fourth-order valence-electron chi connectivity index (χ4n) is 2.46. The van der Waals surface area contributed by atoms with E-state index >= 15 is 0 Å². The summed E-state index contributed by atoms with van der Waals surface area (Å²) in [4.78, 5) is 12.2. The number of rotatable bonds is 6. The molecule has 3 rings (SSSR count). The Morgan fingerprint density at radius 2 is 1.96 bits per heavy atom. The van der Waals surface area contributed by atoms with E-state index in [1.165, 1.54) is 24.3 Å². The maximum Gasteiger partial charge on any atom is 0.338 e. The van der Waals surface area contributed by atoms with Gasteiger partial charge in [-0.3, -0.25) is 0 Å². The monoisotopic (exact) mass is 377 g/mol. The summed E-state index contributed by atoms with van der Waals surface area (Å²) < 4.78 is 43.0. The Morgan fingerprint density at radius 1 is 1.19 bits per heavy atom. The Kier molecular flexibility index (Phi) is 5.43. The largest absolute Gasteiger partial charge is 0.486 e. The molecule has 0 saturated carbocycles. The highest BCUT2D eigenvalue weighted by Gasteiger charge is 2.23. The van der Waals surface area contributed by atoms with Crippen LogP contribution in [0.25, 0.3) is 0 Å². The fourth-order valence-corrected chi connectivity index (χ4v) is 3.55. The third kappa shape index (κ3) is 4.14. The Labute approximate surface area is 151 Å². The first-order chi connectivity index (χ1) is 12.5. The normalized spacial score (nSPS) is 16.1. The molecule has 1 heterocycles. The van der Waals surface area contributed by atoms with E-state index in [4.69, 9.17) is 14.2 Å². The molecular weight excluding hydrogens is 358 g/mol. The molecule has 138 valence electrons. The van der Waals surface area contributed by atoms with Gasteiger partial charge < -0.3 is 14.2 Å². The van der Waals surface area contributed by atoms with Crippen LogP contribution in [-0.4, -0.2) is 40.2 Å². The van der Waals surface area contributed by atoms with Crippen LogP contribution in [0.1, 0.15) is 17.3 Å². The van der Waals surface area contributed by atoms with Gasteiger partial charge >= 0.3 is 5.97 Å². The van der Waals surface area contributed by atoms with Gasteiger partial charge in [-0.15, -0.1) is 0 Å². The average molecular weight is 377 g/mol. The maximum atomic E-state index is 12.2. The summed E-state index contributed by atoms with van der Waals surface area (Å²) in [6.45, 7) is 2.20. The van der Waals surface area contributed by atoms with Gasteiger partial charge in [0.2, 0.25) is 10.0 Å². The number of carbonyl (C=O) groups is 1. The van der Waals surface area contributed by atoms with E-state index in [-0.39, 0.29) is 30.2 Å². The van der Waals surface area contributed by atoms with E-state index in [1.54, 1.807) is 19.1 Å². The molecule has 0 aliphatic carbocycles. The number of sulfonamides is 1. The molecule has 2 aromatic carbocycles. The molecular formula is C18H19NO6S. The molecule has 0 aromatic heterocycles. The van der Waals surface area contributed by atoms with Crippen LogP contribution in [0.15, 0.2) is 53.4 Å². The van der Waals surface area contributed by atoms with Gasteiger partial charge in [-0.2, -0.15) is 0 Å². The molecule has 1 aliphatic rings. The summed E-state index contributed by atoms with van der Waals surface area (Å²) in [7, 11) is -3.64. The van der Waals surface area contributed by atoms with E-state index in [9.17, 15) is 13.2 Å². The fraction of sp³-hybridized carbons (Fsp3) is 0.278. The molecule has 2 aromatic rings. The van der Waals surface area contributed by atoms with E-state index in [2.05, 4.69) is 4.72 Å². The molecule has 7 nitrogen and oxygen atoms in total. The summed E-state index contributed by atoms with van der Waals surface area (Å²) in [6, 6.07) is 13.0. The highest BCUT2D eigenvalue weighted by molar-refractivity contribution is 7.89. The number of nitrogens with one attached hydrogen (secondary N) is 1. The van der Waals surface area contributed by atoms with Gasteiger partial charge in [-0.05, 0) is 30.3 Å². The quantitative estimate of drug-likeness (QED) is 0.774. The lowest BCUT2D eigenvalue weighted by Crippen LogP contribution is -2.34. The van der Waals surface area contributed by atoms with E-state index in [1.807, 2.05) is 12.1 Å². The van der Waals surface area contributed by atoms with Gasteiger partial charge in [0, 0.05) is 6.54 Å². The second-order valence-electron chi connectivity index (χ2n) is 5.63. The smallest absolute Gasteiger partial charge is 0.338 e. The van der Waals surface area contributed by atoms with Gasteiger partial charge in [0.15, 0.2) is 17.6 Å². The molecule has 0 spiro atoms. The van der Waals surface area contributed by atoms with Gasteiger partial charge in [-0.25, -0.2) is 17.9 Å². The van der Waals surface area contributed by atoms with Crippen molar-refractivity contribution in [3.05, 3.63) is 54.1 Å². The minimum Gasteiger partial charge on any atom is -0.486 e. The van der Waals surface area contributed by atoms with Crippen LogP contribution in [0, 0.1) is 0 Å². The van der Waals surface area contributed by atoms with Crippen LogP contribution >= 0.6 is 0 Å². The molecule has 0 saturated heterocycles. The van der Waals surface area contributed by atoms with Crippen molar-refractivity contribution in [1.29, 1.82) is 0 Å². The topological polar surface area (TPSA) is 90.9 Å². The van der Waals surface area contributed by atoms with Crippen molar-refractivity contribution in [2.24, 2.45) is 0 Å². The Bertz CT molecular complexity index is 896. The number of ether oxygens (including phenoxy) is 3. The number of para-hydroxylation sites is 2. The van der Waals surface area contributed by atoms with Gasteiger partial charge in [0.25, 0.3) is 0 Å². The molecule has 0 radical (unpaired) electrons. The first-order valence-corrected chi connectivity index (χ1v) is 9.63. The average Bonchev–Trinajstić information content (AvgIpc) is 2.66. The number of fused-ring (bicyclic) bond motifs is 1. The number of benzene rings is 2. The summed E-state index contributed by atoms with van der Waals surface area (Å²) in [6.07, 6.45) is -0.428. The summed E-state index contributed by atoms with van der Waals surface area (Å²) in [5.74, 6) is 0.621. The zero-order valence-electron chi connectivity index (χ0n) is 14.2. The highest BCUT2D eigenvalue weighted by atomic mass is 32.2. The highest BCUT2D eigenvalue weighted by Crippen LogP contribution is 2.30. The predicted molar refractivity (Wildman–Crippen MR) is 93.9 cm³/mol. The maximum absolute atomic E-state index is 12.2. The summed E-state index contributed by atoms with van der Waals surface area (Å²) >= 11 is 0. The molecule has 1 N–H and O–H groups in total. The zero-order chi connectivity index (χ0) is 18.6. The van der Waals surface area contributed by atoms with Crippen molar-refractivity contribution in [1.82, 2.24) is 4.72 Å². The van der Waals surface area contributed by atoms with Crippen LogP contribution in [-0.2, 0) is 14.8 Å². The van der Waals surface area contributed by atoms with E-state index < -0.39 is 22.1 Å². The minimum absolute atomic E-state index is 0.00262. The van der Waals surface area contributed by atoms with Crippen molar-refractivity contribution in [3.8, 4) is 11.5 Å². The predicted octanol–water partition coefficient (Wildman–Crippen LogP) is 1.98. The van der Waals surface area contributed by atoms with Crippen LogP contribution < -0.4 is 14.2 Å². The lowest BCUT2D eigenvalue weighted by Gasteiger charge is -2.26. The van der Waals surface area contributed by atoms with Crippen LogP contribution in [0.2, 0.25) is 0 Å². The Balaban J connectivity index is 1.63. The molecule has 1 atom stereocenters. The Morgan fingerprint density at radius 3 is 2.73 bits per heavy atom.